The van der Waals surface area contributed by atoms with Crippen LogP contribution >= 0.6 is 0 Å². The van der Waals surface area contributed by atoms with Crippen LogP contribution < -0.4 is 5.32 Å². The second kappa shape index (κ2) is 7.28. The van der Waals surface area contributed by atoms with Gasteiger partial charge < -0.3 is 10.1 Å². The van der Waals surface area contributed by atoms with Gasteiger partial charge >= 0.3 is 0 Å². The van der Waals surface area contributed by atoms with Gasteiger partial charge in [-0.2, -0.15) is 0 Å². The lowest BCUT2D eigenvalue weighted by atomic mass is 10.1. The van der Waals surface area contributed by atoms with E-state index in [1.807, 2.05) is 6.07 Å². The van der Waals surface area contributed by atoms with Crippen molar-refractivity contribution in [2.45, 2.75) is 27.2 Å². The lowest BCUT2D eigenvalue weighted by molar-refractivity contribution is 0.132. The monoisotopic (exact) mass is 239 g/mol. The molecule has 0 fully saturated rings. The SMILES string of the molecule is Cc1c(F)cccc1NCCOCCC(C)C. The molecule has 0 aliphatic carbocycles. The highest BCUT2D eigenvalue weighted by molar-refractivity contribution is 5.50. The average molecular weight is 239 g/mol. The van der Waals surface area contributed by atoms with E-state index in [2.05, 4.69) is 19.2 Å². The zero-order chi connectivity index (χ0) is 12.7. The van der Waals surface area contributed by atoms with Crippen molar-refractivity contribution in [1.29, 1.82) is 0 Å². The third-order valence-corrected chi connectivity index (χ3v) is 2.67. The van der Waals surface area contributed by atoms with E-state index in [9.17, 15) is 4.39 Å². The van der Waals surface area contributed by atoms with Crippen LogP contribution in [0.5, 0.6) is 0 Å². The van der Waals surface area contributed by atoms with Gasteiger partial charge in [0.05, 0.1) is 6.61 Å². The Bertz CT molecular complexity index is 339. The highest BCUT2D eigenvalue weighted by atomic mass is 19.1. The Morgan fingerprint density at radius 3 is 2.76 bits per heavy atom. The molecule has 17 heavy (non-hydrogen) atoms. The second-order valence-electron chi connectivity index (χ2n) is 4.63. The number of nitrogens with one attached hydrogen (secondary N) is 1. The van der Waals surface area contributed by atoms with Gasteiger partial charge in [0.25, 0.3) is 0 Å². The standard InChI is InChI=1S/C14H22FNO/c1-11(2)7-9-17-10-8-16-14-6-4-5-13(15)12(14)3/h4-6,11,16H,7-10H2,1-3H3. The Balaban J connectivity index is 2.20. The summed E-state index contributed by atoms with van der Waals surface area (Å²) in [6.07, 6.45) is 1.08. The van der Waals surface area contributed by atoms with Gasteiger partial charge in [0.1, 0.15) is 5.82 Å². The van der Waals surface area contributed by atoms with E-state index in [1.165, 1.54) is 6.07 Å². The largest absolute Gasteiger partial charge is 0.382 e. The summed E-state index contributed by atoms with van der Waals surface area (Å²) in [6, 6.07) is 5.07. The highest BCUT2D eigenvalue weighted by Gasteiger charge is 2.01. The number of hydrogen-bond donors (Lipinski definition) is 1. The minimum absolute atomic E-state index is 0.171. The maximum absolute atomic E-state index is 13.2. The molecule has 3 heteroatoms. The summed E-state index contributed by atoms with van der Waals surface area (Å²) in [5.74, 6) is 0.504. The molecule has 1 N–H and O–H groups in total. The molecule has 0 aromatic heterocycles. The van der Waals surface area contributed by atoms with Crippen molar-refractivity contribution in [3.63, 3.8) is 0 Å². The van der Waals surface area contributed by atoms with Gasteiger partial charge in [0.15, 0.2) is 0 Å². The highest BCUT2D eigenvalue weighted by Crippen LogP contribution is 2.16. The van der Waals surface area contributed by atoms with E-state index in [-0.39, 0.29) is 5.82 Å². The van der Waals surface area contributed by atoms with Crippen LogP contribution in [-0.2, 0) is 4.74 Å². The van der Waals surface area contributed by atoms with Gasteiger partial charge in [-0.25, -0.2) is 4.39 Å². The van der Waals surface area contributed by atoms with Gasteiger partial charge in [0, 0.05) is 24.4 Å². The molecule has 2 nitrogen and oxygen atoms in total. The molecule has 0 unspecified atom stereocenters. The molecule has 0 amide bonds. The summed E-state index contributed by atoms with van der Waals surface area (Å²) < 4.78 is 18.7. The average Bonchev–Trinajstić information content (AvgIpc) is 2.28. The van der Waals surface area contributed by atoms with Crippen LogP contribution in [0.4, 0.5) is 10.1 Å². The normalized spacial score (nSPS) is 10.9. The first-order valence-corrected chi connectivity index (χ1v) is 6.18. The molecule has 0 heterocycles. The molecule has 0 bridgehead atoms. The van der Waals surface area contributed by atoms with Gasteiger partial charge in [0.2, 0.25) is 0 Å². The molecule has 0 saturated heterocycles. The summed E-state index contributed by atoms with van der Waals surface area (Å²) in [4.78, 5) is 0. The third kappa shape index (κ3) is 5.18. The molecular weight excluding hydrogens is 217 g/mol. The predicted octanol–water partition coefficient (Wildman–Crippen LogP) is 3.61. The zero-order valence-corrected chi connectivity index (χ0v) is 10.9. The Kier molecular flexibility index (Phi) is 5.98. The van der Waals surface area contributed by atoms with Gasteiger partial charge in [-0.3, -0.25) is 0 Å². The van der Waals surface area contributed by atoms with Crippen LogP contribution in [0.1, 0.15) is 25.8 Å². The van der Waals surface area contributed by atoms with E-state index in [1.54, 1.807) is 13.0 Å². The number of ether oxygens (including phenoxy) is 1. The summed E-state index contributed by atoms with van der Waals surface area (Å²) in [5, 5.41) is 3.18. The smallest absolute Gasteiger partial charge is 0.128 e. The van der Waals surface area contributed by atoms with Crippen LogP contribution in [0.2, 0.25) is 0 Å². The predicted molar refractivity (Wildman–Crippen MR) is 69.9 cm³/mol. The van der Waals surface area contributed by atoms with Gasteiger partial charge in [-0.15, -0.1) is 0 Å². The lowest BCUT2D eigenvalue weighted by Crippen LogP contribution is -2.11. The van der Waals surface area contributed by atoms with Crippen molar-refractivity contribution in [3.8, 4) is 0 Å². The molecule has 96 valence electrons. The fraction of sp³-hybridized carbons (Fsp3) is 0.571. The Morgan fingerprint density at radius 1 is 1.29 bits per heavy atom. The van der Waals surface area contributed by atoms with Crippen molar-refractivity contribution in [1.82, 2.24) is 0 Å². The zero-order valence-electron chi connectivity index (χ0n) is 10.9. The molecule has 1 rings (SSSR count). The van der Waals surface area contributed by atoms with Gasteiger partial charge in [-0.05, 0) is 31.4 Å². The summed E-state index contributed by atoms with van der Waals surface area (Å²) in [6.45, 7) is 8.29. The number of hydrogen-bond acceptors (Lipinski definition) is 2. The first kappa shape index (κ1) is 14.0. The van der Waals surface area contributed by atoms with Crippen LogP contribution in [0.15, 0.2) is 18.2 Å². The number of anilines is 1. The first-order valence-electron chi connectivity index (χ1n) is 6.18. The molecule has 1 aromatic rings. The number of halogens is 1. The molecule has 1 aromatic carbocycles. The van der Waals surface area contributed by atoms with Gasteiger partial charge in [-0.1, -0.05) is 19.9 Å². The lowest BCUT2D eigenvalue weighted by Gasteiger charge is -2.10. The summed E-state index contributed by atoms with van der Waals surface area (Å²) >= 11 is 0. The third-order valence-electron chi connectivity index (χ3n) is 2.67. The van der Waals surface area contributed by atoms with Crippen molar-refractivity contribution in [2.75, 3.05) is 25.1 Å². The van der Waals surface area contributed by atoms with Crippen molar-refractivity contribution < 1.29 is 9.13 Å². The van der Waals surface area contributed by atoms with Crippen LogP contribution in [0.25, 0.3) is 0 Å². The molecule has 0 aliphatic heterocycles. The van der Waals surface area contributed by atoms with E-state index in [4.69, 9.17) is 4.74 Å². The fourth-order valence-electron chi connectivity index (χ4n) is 1.48. The molecular formula is C14H22FNO. The Morgan fingerprint density at radius 2 is 2.06 bits per heavy atom. The minimum Gasteiger partial charge on any atom is -0.382 e. The fourth-order valence-corrected chi connectivity index (χ4v) is 1.48. The number of benzene rings is 1. The van der Waals surface area contributed by atoms with Crippen molar-refractivity contribution in [2.24, 2.45) is 5.92 Å². The quantitative estimate of drug-likeness (QED) is 0.734. The second-order valence-corrected chi connectivity index (χ2v) is 4.63. The molecule has 0 radical (unpaired) electrons. The maximum atomic E-state index is 13.2. The number of rotatable bonds is 7. The van der Waals surface area contributed by atoms with E-state index in [0.29, 0.717) is 24.6 Å². The van der Waals surface area contributed by atoms with Crippen molar-refractivity contribution in [3.05, 3.63) is 29.6 Å². The van der Waals surface area contributed by atoms with Crippen LogP contribution in [-0.4, -0.2) is 19.8 Å². The minimum atomic E-state index is -0.171. The van der Waals surface area contributed by atoms with E-state index >= 15 is 0 Å². The molecule has 0 saturated carbocycles. The van der Waals surface area contributed by atoms with Crippen LogP contribution in [0.3, 0.4) is 0 Å². The molecule has 0 spiro atoms. The van der Waals surface area contributed by atoms with Crippen LogP contribution in [0, 0.1) is 18.7 Å². The topological polar surface area (TPSA) is 21.3 Å². The maximum Gasteiger partial charge on any atom is 0.128 e. The Hall–Kier alpha value is -1.09. The first-order chi connectivity index (χ1) is 8.11. The molecule has 0 aliphatic rings. The van der Waals surface area contributed by atoms with Crippen molar-refractivity contribution >= 4 is 5.69 Å². The Labute approximate surface area is 103 Å². The van der Waals surface area contributed by atoms with E-state index in [0.717, 1.165) is 18.7 Å². The molecule has 0 atom stereocenters. The summed E-state index contributed by atoms with van der Waals surface area (Å²) in [5.41, 5.74) is 1.51. The van der Waals surface area contributed by atoms with E-state index < -0.39 is 0 Å². The summed E-state index contributed by atoms with van der Waals surface area (Å²) in [7, 11) is 0.